The standard InChI is InChI=1S/C22H26N2O2/c1-23-14-12-22(13-15-23)24(16-17-26-22)21(25)20(18-8-4-2-5-9-18)19-10-6-3-7-11-19/h2-11,20H,12-17H2,1H3. The van der Waals surface area contributed by atoms with Crippen LogP contribution in [0.3, 0.4) is 0 Å². The maximum Gasteiger partial charge on any atom is 0.236 e. The maximum absolute atomic E-state index is 13.7. The summed E-state index contributed by atoms with van der Waals surface area (Å²) in [6.07, 6.45) is 1.76. The number of hydrogen-bond acceptors (Lipinski definition) is 3. The van der Waals surface area contributed by atoms with Crippen molar-refractivity contribution >= 4 is 5.91 Å². The first kappa shape index (κ1) is 17.3. The van der Waals surface area contributed by atoms with Crippen LogP contribution in [-0.4, -0.2) is 54.7 Å². The Labute approximate surface area is 155 Å². The normalized spacial score (nSPS) is 20.0. The Morgan fingerprint density at radius 3 is 2.00 bits per heavy atom. The van der Waals surface area contributed by atoms with E-state index in [4.69, 9.17) is 4.74 Å². The Kier molecular flexibility index (Phi) is 4.79. The molecule has 0 bridgehead atoms. The van der Waals surface area contributed by atoms with Crippen LogP contribution in [0.2, 0.25) is 0 Å². The summed E-state index contributed by atoms with van der Waals surface area (Å²) < 4.78 is 6.16. The molecule has 2 saturated heterocycles. The molecule has 2 aromatic carbocycles. The van der Waals surface area contributed by atoms with Gasteiger partial charge >= 0.3 is 0 Å². The molecule has 2 aromatic rings. The molecule has 4 rings (SSSR count). The fraction of sp³-hybridized carbons (Fsp3) is 0.409. The zero-order valence-electron chi connectivity index (χ0n) is 15.3. The van der Waals surface area contributed by atoms with Crippen LogP contribution in [-0.2, 0) is 9.53 Å². The lowest BCUT2D eigenvalue weighted by atomic mass is 9.88. The van der Waals surface area contributed by atoms with Gasteiger partial charge in [0.2, 0.25) is 5.91 Å². The van der Waals surface area contributed by atoms with Gasteiger partial charge in [-0.2, -0.15) is 0 Å². The summed E-state index contributed by atoms with van der Waals surface area (Å²) in [6.45, 7) is 3.24. The molecule has 2 aliphatic rings. The predicted molar refractivity (Wildman–Crippen MR) is 102 cm³/mol. The molecule has 0 N–H and O–H groups in total. The molecular weight excluding hydrogens is 324 g/mol. The monoisotopic (exact) mass is 350 g/mol. The highest BCUT2D eigenvalue weighted by atomic mass is 16.5. The highest BCUT2D eigenvalue weighted by Gasteiger charge is 2.48. The van der Waals surface area contributed by atoms with Gasteiger partial charge in [-0.25, -0.2) is 0 Å². The summed E-state index contributed by atoms with van der Waals surface area (Å²) >= 11 is 0. The van der Waals surface area contributed by atoms with Gasteiger partial charge in [-0.05, 0) is 18.2 Å². The minimum atomic E-state index is -0.425. The molecule has 4 nitrogen and oxygen atoms in total. The number of likely N-dealkylation sites (tertiary alicyclic amines) is 1. The van der Waals surface area contributed by atoms with E-state index in [0.717, 1.165) is 37.1 Å². The fourth-order valence-electron chi connectivity index (χ4n) is 4.23. The first-order valence-corrected chi connectivity index (χ1v) is 9.43. The molecule has 2 fully saturated rings. The van der Waals surface area contributed by atoms with Gasteiger partial charge in [0.05, 0.1) is 12.5 Å². The molecule has 0 unspecified atom stereocenters. The average Bonchev–Trinajstić information content (AvgIpc) is 3.09. The van der Waals surface area contributed by atoms with Gasteiger partial charge < -0.3 is 14.5 Å². The zero-order chi connectivity index (χ0) is 18.0. The van der Waals surface area contributed by atoms with E-state index in [-0.39, 0.29) is 11.8 Å². The Balaban J connectivity index is 1.68. The van der Waals surface area contributed by atoms with Gasteiger partial charge in [0.15, 0.2) is 0 Å². The van der Waals surface area contributed by atoms with E-state index < -0.39 is 5.72 Å². The number of ether oxygens (including phenoxy) is 1. The summed E-state index contributed by atoms with van der Waals surface area (Å²) in [4.78, 5) is 18.1. The van der Waals surface area contributed by atoms with E-state index >= 15 is 0 Å². The summed E-state index contributed by atoms with van der Waals surface area (Å²) in [6, 6.07) is 20.2. The van der Waals surface area contributed by atoms with Gasteiger partial charge in [0.1, 0.15) is 5.72 Å². The molecule has 1 spiro atoms. The minimum Gasteiger partial charge on any atom is -0.354 e. The van der Waals surface area contributed by atoms with Crippen molar-refractivity contribution in [2.24, 2.45) is 0 Å². The summed E-state index contributed by atoms with van der Waals surface area (Å²) in [5, 5.41) is 0. The van der Waals surface area contributed by atoms with Gasteiger partial charge in [0, 0.05) is 32.5 Å². The van der Waals surface area contributed by atoms with E-state index in [0.29, 0.717) is 13.2 Å². The number of nitrogens with zero attached hydrogens (tertiary/aromatic N) is 2. The van der Waals surface area contributed by atoms with Crippen LogP contribution < -0.4 is 0 Å². The Morgan fingerprint density at radius 2 is 1.46 bits per heavy atom. The number of carbonyl (C=O) groups excluding carboxylic acids is 1. The molecule has 0 atom stereocenters. The van der Waals surface area contributed by atoms with Crippen LogP contribution >= 0.6 is 0 Å². The van der Waals surface area contributed by atoms with E-state index in [2.05, 4.69) is 11.9 Å². The van der Waals surface area contributed by atoms with Crippen LogP contribution in [0, 0.1) is 0 Å². The number of rotatable bonds is 3. The van der Waals surface area contributed by atoms with Crippen molar-refractivity contribution < 1.29 is 9.53 Å². The van der Waals surface area contributed by atoms with E-state index in [1.54, 1.807) is 0 Å². The van der Waals surface area contributed by atoms with Crippen molar-refractivity contribution in [3.8, 4) is 0 Å². The molecule has 0 aliphatic carbocycles. The molecule has 0 radical (unpaired) electrons. The van der Waals surface area contributed by atoms with Crippen molar-refractivity contribution in [3.05, 3.63) is 71.8 Å². The van der Waals surface area contributed by atoms with Crippen molar-refractivity contribution in [1.29, 1.82) is 0 Å². The lowest BCUT2D eigenvalue weighted by Crippen LogP contribution is -2.55. The second-order valence-corrected chi connectivity index (χ2v) is 7.34. The number of benzene rings is 2. The Bertz CT molecular complexity index is 700. The molecule has 0 aromatic heterocycles. The average molecular weight is 350 g/mol. The van der Waals surface area contributed by atoms with Crippen LogP contribution in [0.15, 0.2) is 60.7 Å². The number of carbonyl (C=O) groups is 1. The fourth-order valence-corrected chi connectivity index (χ4v) is 4.23. The third-order valence-corrected chi connectivity index (χ3v) is 5.72. The first-order chi connectivity index (χ1) is 12.7. The third-order valence-electron chi connectivity index (χ3n) is 5.72. The molecule has 26 heavy (non-hydrogen) atoms. The summed E-state index contributed by atoms with van der Waals surface area (Å²) in [5.74, 6) is -0.125. The van der Waals surface area contributed by atoms with Gasteiger partial charge in [-0.3, -0.25) is 4.79 Å². The molecule has 0 saturated carbocycles. The van der Waals surface area contributed by atoms with E-state index in [1.165, 1.54) is 0 Å². The highest BCUT2D eigenvalue weighted by Crippen LogP contribution is 2.37. The van der Waals surface area contributed by atoms with Crippen molar-refractivity contribution in [2.75, 3.05) is 33.3 Å². The highest BCUT2D eigenvalue weighted by molar-refractivity contribution is 5.88. The second-order valence-electron chi connectivity index (χ2n) is 7.34. The summed E-state index contributed by atoms with van der Waals surface area (Å²) in [5.41, 5.74) is 1.66. The molecular formula is C22H26N2O2. The lowest BCUT2D eigenvalue weighted by Gasteiger charge is -2.43. The van der Waals surface area contributed by atoms with Gasteiger partial charge in [-0.15, -0.1) is 0 Å². The topological polar surface area (TPSA) is 32.8 Å². The maximum atomic E-state index is 13.7. The predicted octanol–water partition coefficient (Wildman–Crippen LogP) is 3.10. The molecule has 1 amide bonds. The largest absolute Gasteiger partial charge is 0.354 e. The number of piperidine rings is 1. The van der Waals surface area contributed by atoms with Gasteiger partial charge in [-0.1, -0.05) is 60.7 Å². The van der Waals surface area contributed by atoms with Crippen LogP contribution in [0.1, 0.15) is 29.9 Å². The first-order valence-electron chi connectivity index (χ1n) is 9.43. The van der Waals surface area contributed by atoms with Gasteiger partial charge in [0.25, 0.3) is 0 Å². The lowest BCUT2D eigenvalue weighted by molar-refractivity contribution is -0.158. The molecule has 2 heterocycles. The third kappa shape index (κ3) is 3.15. The van der Waals surface area contributed by atoms with Crippen molar-refractivity contribution in [3.63, 3.8) is 0 Å². The number of amides is 1. The Morgan fingerprint density at radius 1 is 0.923 bits per heavy atom. The summed E-state index contributed by atoms with van der Waals surface area (Å²) in [7, 11) is 2.13. The Hall–Kier alpha value is -2.17. The second kappa shape index (κ2) is 7.22. The van der Waals surface area contributed by atoms with E-state index in [9.17, 15) is 4.79 Å². The van der Waals surface area contributed by atoms with Crippen molar-refractivity contribution in [1.82, 2.24) is 9.80 Å². The smallest absolute Gasteiger partial charge is 0.236 e. The molecule has 2 aliphatic heterocycles. The quantitative estimate of drug-likeness (QED) is 0.853. The van der Waals surface area contributed by atoms with Crippen molar-refractivity contribution in [2.45, 2.75) is 24.5 Å². The minimum absolute atomic E-state index is 0.157. The zero-order valence-corrected chi connectivity index (χ0v) is 15.3. The molecule has 136 valence electrons. The van der Waals surface area contributed by atoms with Crippen LogP contribution in [0.25, 0.3) is 0 Å². The molecule has 4 heteroatoms. The van der Waals surface area contributed by atoms with Crippen LogP contribution in [0.4, 0.5) is 0 Å². The SMILES string of the molecule is CN1CCC2(CC1)OCCN2C(=O)C(c1ccccc1)c1ccccc1. The number of hydrogen-bond donors (Lipinski definition) is 0. The van der Waals surface area contributed by atoms with E-state index in [1.807, 2.05) is 65.6 Å². The van der Waals surface area contributed by atoms with Crippen LogP contribution in [0.5, 0.6) is 0 Å².